The predicted molar refractivity (Wildman–Crippen MR) is 143 cm³/mol. The Morgan fingerprint density at radius 3 is 2.32 bits per heavy atom. The maximum absolute atomic E-state index is 13.2. The SMILES string of the molecule is C[C@@H](NC(=O)[C@H]1CC[C@H](NS(=O)(=O)c2ccc(-c3ccccc3Cl)c([N+](=O)[O-])c2)CC1)c1ccc(F)cc1. The van der Waals surface area contributed by atoms with Gasteiger partial charge in [0.2, 0.25) is 15.9 Å². The molecule has 1 fully saturated rings. The highest BCUT2D eigenvalue weighted by Crippen LogP contribution is 2.36. The molecule has 3 aromatic rings. The van der Waals surface area contributed by atoms with Gasteiger partial charge in [0, 0.05) is 28.6 Å². The molecular weight excluding hydrogens is 533 g/mol. The normalized spacial score (nSPS) is 18.5. The number of nitrogens with one attached hydrogen (secondary N) is 2. The van der Waals surface area contributed by atoms with E-state index in [2.05, 4.69) is 10.0 Å². The molecule has 1 atom stereocenters. The van der Waals surface area contributed by atoms with Crippen molar-refractivity contribution in [2.45, 2.75) is 49.6 Å². The van der Waals surface area contributed by atoms with Crippen molar-refractivity contribution in [2.75, 3.05) is 0 Å². The number of nitrogens with zero attached hydrogens (tertiary/aromatic N) is 1. The van der Waals surface area contributed by atoms with Gasteiger partial charge < -0.3 is 5.32 Å². The first kappa shape index (κ1) is 27.7. The van der Waals surface area contributed by atoms with Gasteiger partial charge >= 0.3 is 0 Å². The monoisotopic (exact) mass is 559 g/mol. The zero-order valence-corrected chi connectivity index (χ0v) is 22.1. The minimum atomic E-state index is -4.04. The second kappa shape index (κ2) is 11.6. The van der Waals surface area contributed by atoms with Crippen molar-refractivity contribution in [3.8, 4) is 11.1 Å². The van der Waals surface area contributed by atoms with Gasteiger partial charge in [0.1, 0.15) is 5.82 Å². The molecule has 1 aliphatic carbocycles. The van der Waals surface area contributed by atoms with Gasteiger partial charge in [-0.05, 0) is 68.5 Å². The molecule has 1 aliphatic rings. The Labute approximate surface area is 225 Å². The lowest BCUT2D eigenvalue weighted by Crippen LogP contribution is -2.41. The molecular formula is C27H27ClFN3O5S. The zero-order chi connectivity index (χ0) is 27.4. The van der Waals surface area contributed by atoms with Gasteiger partial charge in [-0.25, -0.2) is 17.5 Å². The van der Waals surface area contributed by atoms with Crippen LogP contribution in [0.25, 0.3) is 11.1 Å². The van der Waals surface area contributed by atoms with Crippen molar-refractivity contribution >= 4 is 33.2 Å². The summed E-state index contributed by atoms with van der Waals surface area (Å²) in [6.07, 6.45) is 1.87. The Bertz CT molecular complexity index is 1440. The number of carbonyl (C=O) groups is 1. The van der Waals surface area contributed by atoms with Crippen molar-refractivity contribution in [2.24, 2.45) is 5.92 Å². The molecule has 0 bridgehead atoms. The maximum Gasteiger partial charge on any atom is 0.278 e. The summed E-state index contributed by atoms with van der Waals surface area (Å²) in [6.45, 7) is 1.82. The zero-order valence-electron chi connectivity index (χ0n) is 20.6. The van der Waals surface area contributed by atoms with Crippen LogP contribution in [-0.4, -0.2) is 25.3 Å². The molecule has 0 saturated heterocycles. The molecule has 11 heteroatoms. The summed E-state index contributed by atoms with van der Waals surface area (Å²) < 4.78 is 41.9. The summed E-state index contributed by atoms with van der Waals surface area (Å²) in [5.74, 6) is -0.747. The molecule has 8 nitrogen and oxygen atoms in total. The lowest BCUT2D eigenvalue weighted by molar-refractivity contribution is -0.384. The fraction of sp³-hybridized carbons (Fsp3) is 0.296. The van der Waals surface area contributed by atoms with Crippen LogP contribution in [0, 0.1) is 21.8 Å². The summed E-state index contributed by atoms with van der Waals surface area (Å²) in [4.78, 5) is 23.6. The Morgan fingerprint density at radius 1 is 1.03 bits per heavy atom. The van der Waals surface area contributed by atoms with Crippen LogP contribution in [0.4, 0.5) is 10.1 Å². The first-order chi connectivity index (χ1) is 18.0. The van der Waals surface area contributed by atoms with E-state index in [9.17, 15) is 27.7 Å². The van der Waals surface area contributed by atoms with E-state index < -0.39 is 21.0 Å². The van der Waals surface area contributed by atoms with E-state index in [1.165, 1.54) is 24.3 Å². The fourth-order valence-electron chi connectivity index (χ4n) is 4.66. The molecule has 38 heavy (non-hydrogen) atoms. The number of halogens is 2. The molecule has 0 spiro atoms. The number of nitro benzene ring substituents is 1. The second-order valence-corrected chi connectivity index (χ2v) is 11.5. The van der Waals surface area contributed by atoms with Gasteiger partial charge in [-0.3, -0.25) is 14.9 Å². The van der Waals surface area contributed by atoms with Gasteiger partial charge in [-0.15, -0.1) is 0 Å². The topological polar surface area (TPSA) is 118 Å². The van der Waals surface area contributed by atoms with Crippen LogP contribution in [0.2, 0.25) is 5.02 Å². The van der Waals surface area contributed by atoms with E-state index in [4.69, 9.17) is 11.6 Å². The lowest BCUT2D eigenvalue weighted by atomic mass is 9.85. The van der Waals surface area contributed by atoms with Crippen LogP contribution in [0.15, 0.2) is 71.6 Å². The smallest absolute Gasteiger partial charge is 0.278 e. The number of nitro groups is 1. The number of hydrogen-bond acceptors (Lipinski definition) is 5. The molecule has 0 unspecified atom stereocenters. The number of benzene rings is 3. The average Bonchev–Trinajstić information content (AvgIpc) is 2.89. The Balaban J connectivity index is 1.39. The molecule has 0 aliphatic heterocycles. The molecule has 0 radical (unpaired) electrons. The average molecular weight is 560 g/mol. The summed E-state index contributed by atoms with van der Waals surface area (Å²) >= 11 is 6.20. The maximum atomic E-state index is 13.2. The van der Waals surface area contributed by atoms with Gasteiger partial charge in [0.15, 0.2) is 0 Å². The van der Waals surface area contributed by atoms with Gasteiger partial charge in [0.05, 0.1) is 21.4 Å². The Hall–Kier alpha value is -3.34. The van der Waals surface area contributed by atoms with Crippen LogP contribution < -0.4 is 10.0 Å². The van der Waals surface area contributed by atoms with Crippen LogP contribution in [0.1, 0.15) is 44.2 Å². The van der Waals surface area contributed by atoms with Crippen molar-refractivity contribution in [3.05, 3.63) is 93.2 Å². The Morgan fingerprint density at radius 2 is 1.68 bits per heavy atom. The number of sulfonamides is 1. The molecule has 4 rings (SSSR count). The third-order valence-electron chi connectivity index (χ3n) is 6.79. The number of carbonyl (C=O) groups excluding carboxylic acids is 1. The van der Waals surface area contributed by atoms with Crippen molar-refractivity contribution in [1.29, 1.82) is 0 Å². The van der Waals surface area contributed by atoms with Crippen molar-refractivity contribution < 1.29 is 22.5 Å². The molecule has 1 saturated carbocycles. The lowest BCUT2D eigenvalue weighted by Gasteiger charge is -2.29. The predicted octanol–water partition coefficient (Wildman–Crippen LogP) is 5.77. The fourth-order valence-corrected chi connectivity index (χ4v) is 6.23. The summed E-state index contributed by atoms with van der Waals surface area (Å²) in [5.41, 5.74) is 1.08. The summed E-state index contributed by atoms with van der Waals surface area (Å²) in [6, 6.07) is 15.6. The highest BCUT2D eigenvalue weighted by Gasteiger charge is 2.31. The van der Waals surface area contributed by atoms with Crippen LogP contribution in [0.3, 0.4) is 0 Å². The highest BCUT2D eigenvalue weighted by molar-refractivity contribution is 7.89. The highest BCUT2D eigenvalue weighted by atomic mass is 35.5. The van der Waals surface area contributed by atoms with E-state index in [1.807, 2.05) is 6.92 Å². The van der Waals surface area contributed by atoms with Crippen LogP contribution in [0.5, 0.6) is 0 Å². The quantitative estimate of drug-likeness (QED) is 0.268. The third-order valence-corrected chi connectivity index (χ3v) is 8.64. The van der Waals surface area contributed by atoms with Crippen molar-refractivity contribution in [1.82, 2.24) is 10.0 Å². The number of hydrogen-bond donors (Lipinski definition) is 2. The van der Waals surface area contributed by atoms with Gasteiger partial charge in [-0.1, -0.05) is 41.9 Å². The van der Waals surface area contributed by atoms with E-state index in [1.54, 1.807) is 36.4 Å². The number of rotatable bonds is 8. The first-order valence-electron chi connectivity index (χ1n) is 12.2. The molecule has 3 aromatic carbocycles. The largest absolute Gasteiger partial charge is 0.349 e. The number of amides is 1. The third kappa shape index (κ3) is 6.38. The van der Waals surface area contributed by atoms with Crippen LogP contribution in [-0.2, 0) is 14.8 Å². The molecule has 1 amide bonds. The van der Waals surface area contributed by atoms with Crippen LogP contribution >= 0.6 is 11.6 Å². The molecule has 2 N–H and O–H groups in total. The second-order valence-electron chi connectivity index (χ2n) is 9.37. The summed E-state index contributed by atoms with van der Waals surface area (Å²) in [5, 5.41) is 15.0. The minimum absolute atomic E-state index is 0.131. The van der Waals surface area contributed by atoms with E-state index in [0.717, 1.165) is 11.6 Å². The molecule has 0 aromatic heterocycles. The summed E-state index contributed by atoms with van der Waals surface area (Å²) in [7, 11) is -4.04. The van der Waals surface area contributed by atoms with Gasteiger partial charge in [-0.2, -0.15) is 0 Å². The van der Waals surface area contributed by atoms with E-state index in [0.29, 0.717) is 36.3 Å². The molecule has 0 heterocycles. The van der Waals surface area contributed by atoms with E-state index >= 15 is 0 Å². The Kier molecular flexibility index (Phi) is 8.44. The van der Waals surface area contributed by atoms with Gasteiger partial charge in [0.25, 0.3) is 5.69 Å². The first-order valence-corrected chi connectivity index (χ1v) is 14.0. The molecule has 200 valence electrons. The minimum Gasteiger partial charge on any atom is -0.349 e. The van der Waals surface area contributed by atoms with E-state index in [-0.39, 0.29) is 39.8 Å². The standard InChI is InChI=1S/C27H27ClFN3O5S/c1-17(18-6-10-20(29)11-7-18)30-27(33)19-8-12-21(13-9-19)31-38(36,37)22-14-15-24(26(16-22)32(34)35)23-4-2-3-5-25(23)28/h2-7,10-11,14-17,19,21,31H,8-9,12-13H2,1H3,(H,30,33)/t17-,19-,21-/m1/s1. The van der Waals surface area contributed by atoms with Crippen molar-refractivity contribution in [3.63, 3.8) is 0 Å².